The molecule has 0 aliphatic carbocycles. The Kier molecular flexibility index (Phi) is 4.32. The lowest BCUT2D eigenvalue weighted by Gasteiger charge is -2.26. The average molecular weight is 371 g/mol. The summed E-state index contributed by atoms with van der Waals surface area (Å²) in [6.07, 6.45) is 6.88. The highest BCUT2D eigenvalue weighted by atomic mass is 15.2. The largest absolute Gasteiger partial charge is 0.365 e. The van der Waals surface area contributed by atoms with Crippen molar-refractivity contribution < 1.29 is 0 Å². The number of nitrogens with zero attached hydrogens (tertiary/aromatic N) is 5. The van der Waals surface area contributed by atoms with Crippen LogP contribution in [0.25, 0.3) is 0 Å². The number of aromatic nitrogens is 3. The molecule has 5 rings (SSSR count). The molecular formula is C23H25N5. The van der Waals surface area contributed by atoms with Gasteiger partial charge in [0.05, 0.1) is 17.1 Å². The average Bonchev–Trinajstić information content (AvgIpc) is 3.25. The minimum atomic E-state index is 0.114. The van der Waals surface area contributed by atoms with Crippen molar-refractivity contribution in [2.24, 2.45) is 0 Å². The highest BCUT2D eigenvalue weighted by Gasteiger charge is 2.48. The van der Waals surface area contributed by atoms with Crippen LogP contribution in [0.2, 0.25) is 0 Å². The van der Waals surface area contributed by atoms with E-state index < -0.39 is 0 Å². The van der Waals surface area contributed by atoms with Crippen LogP contribution < -0.4 is 4.90 Å². The van der Waals surface area contributed by atoms with E-state index >= 15 is 0 Å². The van der Waals surface area contributed by atoms with Gasteiger partial charge in [0, 0.05) is 55.9 Å². The van der Waals surface area contributed by atoms with E-state index in [1.165, 1.54) is 16.9 Å². The lowest BCUT2D eigenvalue weighted by Crippen LogP contribution is -2.36. The summed E-state index contributed by atoms with van der Waals surface area (Å²) in [7, 11) is 0. The third kappa shape index (κ3) is 3.16. The van der Waals surface area contributed by atoms with Gasteiger partial charge < -0.3 is 4.90 Å². The molecule has 0 N–H and O–H groups in total. The summed E-state index contributed by atoms with van der Waals surface area (Å²) < 4.78 is 0. The van der Waals surface area contributed by atoms with E-state index in [0.29, 0.717) is 0 Å². The maximum atomic E-state index is 4.84. The quantitative estimate of drug-likeness (QED) is 0.704. The number of hydrogen-bond acceptors (Lipinski definition) is 5. The van der Waals surface area contributed by atoms with Crippen molar-refractivity contribution >= 4 is 5.69 Å². The molecule has 28 heavy (non-hydrogen) atoms. The Hall–Kier alpha value is -2.79. The van der Waals surface area contributed by atoms with E-state index in [2.05, 4.69) is 58.1 Å². The summed E-state index contributed by atoms with van der Waals surface area (Å²) in [5.41, 5.74) is 6.14. The maximum absolute atomic E-state index is 4.84. The van der Waals surface area contributed by atoms with Gasteiger partial charge in [0.25, 0.3) is 0 Å². The summed E-state index contributed by atoms with van der Waals surface area (Å²) in [4.78, 5) is 18.8. The van der Waals surface area contributed by atoms with Crippen molar-refractivity contribution in [3.05, 3.63) is 83.7 Å². The number of rotatable bonds is 4. The number of aryl methyl sites for hydroxylation is 1. The second-order valence-electron chi connectivity index (χ2n) is 8.10. The number of fused-ring (bicyclic) bond motifs is 2. The first-order valence-electron chi connectivity index (χ1n) is 9.96. The molecule has 0 amide bonds. The normalized spacial score (nSPS) is 21.4. The molecule has 5 heteroatoms. The molecule has 1 fully saturated rings. The summed E-state index contributed by atoms with van der Waals surface area (Å²) >= 11 is 0. The molecule has 142 valence electrons. The first-order chi connectivity index (χ1) is 13.7. The molecule has 2 aliphatic rings. The molecule has 1 spiro atoms. The Balaban J connectivity index is 1.38. The summed E-state index contributed by atoms with van der Waals surface area (Å²) in [5.74, 6) is 0. The van der Waals surface area contributed by atoms with Crippen LogP contribution in [0, 0.1) is 6.92 Å². The van der Waals surface area contributed by atoms with Gasteiger partial charge in [-0.3, -0.25) is 19.9 Å². The van der Waals surface area contributed by atoms with Gasteiger partial charge in [-0.05, 0) is 55.8 Å². The number of likely N-dealkylation sites (tertiary alicyclic amines) is 1. The third-order valence-electron chi connectivity index (χ3n) is 5.98. The molecule has 2 aliphatic heterocycles. The molecule has 5 nitrogen and oxygen atoms in total. The zero-order chi connectivity index (χ0) is 19.0. The van der Waals surface area contributed by atoms with E-state index in [0.717, 1.165) is 50.5 Å². The standard InChI is InChI=1S/C23H25N5/c1-18-5-2-7-20(26-18)15-27-12-9-23(16-27)17-28(14-19-6-3-10-24-13-19)21-8-4-11-25-22(21)23/h2-8,10-11,13H,9,12,14-17H2,1H3/t23-/m1/s1. The Morgan fingerprint density at radius 3 is 2.79 bits per heavy atom. The first kappa shape index (κ1) is 17.3. The van der Waals surface area contributed by atoms with Gasteiger partial charge in [-0.25, -0.2) is 0 Å². The van der Waals surface area contributed by atoms with Gasteiger partial charge in [0.15, 0.2) is 0 Å². The highest BCUT2D eigenvalue weighted by Crippen LogP contribution is 2.45. The maximum Gasteiger partial charge on any atom is 0.0729 e. The Morgan fingerprint density at radius 2 is 1.93 bits per heavy atom. The predicted molar refractivity (Wildman–Crippen MR) is 110 cm³/mol. The van der Waals surface area contributed by atoms with E-state index in [-0.39, 0.29) is 5.41 Å². The minimum Gasteiger partial charge on any atom is -0.365 e. The van der Waals surface area contributed by atoms with Gasteiger partial charge in [0.2, 0.25) is 0 Å². The smallest absolute Gasteiger partial charge is 0.0729 e. The molecule has 0 aromatic carbocycles. The lowest BCUT2D eigenvalue weighted by atomic mass is 9.85. The number of pyridine rings is 3. The molecule has 0 bridgehead atoms. The first-order valence-corrected chi connectivity index (χ1v) is 9.96. The highest BCUT2D eigenvalue weighted by molar-refractivity contribution is 5.60. The van der Waals surface area contributed by atoms with Crippen molar-refractivity contribution in [1.82, 2.24) is 19.9 Å². The van der Waals surface area contributed by atoms with Crippen molar-refractivity contribution in [3.8, 4) is 0 Å². The number of hydrogen-bond donors (Lipinski definition) is 0. The van der Waals surface area contributed by atoms with Crippen molar-refractivity contribution in [2.45, 2.75) is 31.8 Å². The molecule has 1 atom stereocenters. The zero-order valence-corrected chi connectivity index (χ0v) is 16.3. The van der Waals surface area contributed by atoms with Gasteiger partial charge in [-0.2, -0.15) is 0 Å². The summed E-state index contributed by atoms with van der Waals surface area (Å²) in [6.45, 7) is 7.00. The van der Waals surface area contributed by atoms with Gasteiger partial charge in [0.1, 0.15) is 0 Å². The van der Waals surface area contributed by atoms with E-state index in [1.54, 1.807) is 0 Å². The van der Waals surface area contributed by atoms with E-state index in [4.69, 9.17) is 9.97 Å². The van der Waals surface area contributed by atoms with Gasteiger partial charge in [-0.1, -0.05) is 12.1 Å². The van der Waals surface area contributed by atoms with Crippen LogP contribution >= 0.6 is 0 Å². The third-order valence-corrected chi connectivity index (χ3v) is 5.98. The fourth-order valence-electron chi connectivity index (χ4n) is 4.77. The molecule has 3 aromatic heterocycles. The van der Waals surface area contributed by atoms with Crippen LogP contribution in [-0.2, 0) is 18.5 Å². The molecule has 0 unspecified atom stereocenters. The van der Waals surface area contributed by atoms with Gasteiger partial charge >= 0.3 is 0 Å². The van der Waals surface area contributed by atoms with Crippen molar-refractivity contribution in [1.29, 1.82) is 0 Å². The SMILES string of the molecule is Cc1cccc(CN2CC[C@@]3(C2)CN(Cc2cccnc2)c2cccnc23)n1. The molecule has 0 saturated carbocycles. The Bertz CT molecular complexity index is 973. The fraction of sp³-hybridized carbons (Fsp3) is 0.348. The predicted octanol–water partition coefficient (Wildman–Crippen LogP) is 3.34. The second kappa shape index (κ2) is 6.99. The van der Waals surface area contributed by atoms with Crippen molar-refractivity contribution in [2.75, 3.05) is 24.5 Å². The molecular weight excluding hydrogens is 346 g/mol. The topological polar surface area (TPSA) is 45.2 Å². The van der Waals surface area contributed by atoms with Crippen LogP contribution in [0.3, 0.4) is 0 Å². The molecule has 5 heterocycles. The van der Waals surface area contributed by atoms with Crippen LogP contribution in [0.15, 0.2) is 61.1 Å². The Morgan fingerprint density at radius 1 is 1.00 bits per heavy atom. The second-order valence-corrected chi connectivity index (χ2v) is 8.10. The van der Waals surface area contributed by atoms with Crippen molar-refractivity contribution in [3.63, 3.8) is 0 Å². The van der Waals surface area contributed by atoms with E-state index in [9.17, 15) is 0 Å². The molecule has 3 aromatic rings. The van der Waals surface area contributed by atoms with Crippen LogP contribution in [0.1, 0.15) is 29.1 Å². The van der Waals surface area contributed by atoms with Crippen LogP contribution in [0.4, 0.5) is 5.69 Å². The van der Waals surface area contributed by atoms with Gasteiger partial charge in [-0.15, -0.1) is 0 Å². The van der Waals surface area contributed by atoms with Crippen LogP contribution in [0.5, 0.6) is 0 Å². The Labute approximate surface area is 166 Å². The zero-order valence-electron chi connectivity index (χ0n) is 16.3. The molecule has 0 radical (unpaired) electrons. The monoisotopic (exact) mass is 371 g/mol. The van der Waals surface area contributed by atoms with E-state index in [1.807, 2.05) is 24.7 Å². The number of anilines is 1. The van der Waals surface area contributed by atoms with Crippen LogP contribution in [-0.4, -0.2) is 39.5 Å². The summed E-state index contributed by atoms with van der Waals surface area (Å²) in [6, 6.07) is 14.7. The molecule has 1 saturated heterocycles. The minimum absolute atomic E-state index is 0.114. The summed E-state index contributed by atoms with van der Waals surface area (Å²) in [5, 5.41) is 0. The lowest BCUT2D eigenvalue weighted by molar-refractivity contribution is 0.301. The fourth-order valence-corrected chi connectivity index (χ4v) is 4.77.